The number of methoxy groups -OCH3 is 1. The molecule has 0 aliphatic carbocycles. The molecule has 9 nitrogen and oxygen atoms in total. The average Bonchev–Trinajstić information content (AvgIpc) is 2.98. The molecule has 0 spiro atoms. The number of nitrogens with two attached hydrogens (primary N) is 1. The molecule has 0 saturated heterocycles. The van der Waals surface area contributed by atoms with E-state index in [1.165, 1.54) is 7.11 Å². The van der Waals surface area contributed by atoms with Crippen LogP contribution in [-0.4, -0.2) is 44.9 Å². The van der Waals surface area contributed by atoms with E-state index in [-0.39, 0.29) is 5.69 Å². The minimum Gasteiger partial charge on any atom is -0.464 e. The van der Waals surface area contributed by atoms with Gasteiger partial charge in [0.25, 0.3) is 0 Å². The van der Waals surface area contributed by atoms with Gasteiger partial charge in [-0.05, 0) is 13.5 Å². The molecule has 0 saturated carbocycles. The zero-order valence-electron chi connectivity index (χ0n) is 10.7. The predicted octanol–water partition coefficient (Wildman–Crippen LogP) is -0.694. The average molecular weight is 266 g/mol. The zero-order chi connectivity index (χ0) is 13.8. The van der Waals surface area contributed by atoms with E-state index in [4.69, 9.17) is 5.73 Å². The van der Waals surface area contributed by atoms with E-state index in [1.54, 1.807) is 11.6 Å². The Balaban J connectivity index is 2.32. The van der Waals surface area contributed by atoms with Crippen molar-refractivity contribution in [2.24, 2.45) is 5.73 Å². The van der Waals surface area contributed by atoms with Gasteiger partial charge in [0.2, 0.25) is 0 Å². The molecule has 0 aliphatic rings. The molecule has 2 N–H and O–H groups in total. The molecule has 0 amide bonds. The number of carbonyl (C=O) groups excluding carboxylic acids is 1. The van der Waals surface area contributed by atoms with Crippen LogP contribution >= 0.6 is 0 Å². The summed E-state index contributed by atoms with van der Waals surface area (Å²) < 4.78 is 10.8. The number of carbonyl (C=O) groups is 1. The fourth-order valence-corrected chi connectivity index (χ4v) is 1.63. The van der Waals surface area contributed by atoms with Crippen molar-refractivity contribution >= 4 is 5.97 Å². The van der Waals surface area contributed by atoms with Crippen LogP contribution in [0.5, 0.6) is 0 Å². The van der Waals surface area contributed by atoms with Crippen molar-refractivity contribution in [1.29, 1.82) is 0 Å². The van der Waals surface area contributed by atoms with Crippen LogP contribution in [0.3, 0.4) is 0 Å². The number of ether oxygens (including phenoxy) is 1. The normalized spacial score (nSPS) is 10.7. The Kier molecular flexibility index (Phi) is 3.85. The summed E-state index contributed by atoms with van der Waals surface area (Å²) in [5.41, 5.74) is 7.60. The lowest BCUT2D eigenvalue weighted by atomic mass is 10.2. The van der Waals surface area contributed by atoms with E-state index in [2.05, 4.69) is 30.0 Å². The van der Waals surface area contributed by atoms with Gasteiger partial charge in [-0.2, -0.15) is 0 Å². The van der Waals surface area contributed by atoms with E-state index in [0.29, 0.717) is 36.6 Å². The number of aromatic nitrogens is 5. The smallest absolute Gasteiger partial charge is 0.360 e. The van der Waals surface area contributed by atoms with Crippen LogP contribution in [0.15, 0.2) is 4.63 Å². The molecule has 19 heavy (non-hydrogen) atoms. The van der Waals surface area contributed by atoms with Gasteiger partial charge < -0.3 is 10.5 Å². The maximum absolute atomic E-state index is 11.6. The lowest BCUT2D eigenvalue weighted by Crippen LogP contribution is -2.15. The summed E-state index contributed by atoms with van der Waals surface area (Å²) in [6.07, 6.45) is 0.460. The van der Waals surface area contributed by atoms with E-state index in [0.717, 1.165) is 0 Å². The van der Waals surface area contributed by atoms with E-state index >= 15 is 0 Å². The van der Waals surface area contributed by atoms with Crippen LogP contribution in [0.1, 0.15) is 27.6 Å². The Labute approximate surface area is 108 Å². The molecule has 0 fully saturated rings. The van der Waals surface area contributed by atoms with Gasteiger partial charge in [-0.15, -0.1) is 5.10 Å². The maximum Gasteiger partial charge on any atom is 0.360 e. The number of aryl methyl sites for hydroxylation is 1. The summed E-state index contributed by atoms with van der Waals surface area (Å²) in [4.78, 5) is 11.6. The summed E-state index contributed by atoms with van der Waals surface area (Å²) in [6.45, 7) is 2.45. The molecular weight excluding hydrogens is 252 g/mol. The van der Waals surface area contributed by atoms with Crippen molar-refractivity contribution in [1.82, 2.24) is 25.3 Å². The molecule has 0 atom stereocenters. The number of hydrogen-bond donors (Lipinski definition) is 1. The van der Waals surface area contributed by atoms with Crippen molar-refractivity contribution in [3.63, 3.8) is 0 Å². The molecular formula is C10H14N6O3. The Hall–Kier alpha value is -2.29. The van der Waals surface area contributed by atoms with Crippen LogP contribution in [0, 0.1) is 6.92 Å². The van der Waals surface area contributed by atoms with Crippen LogP contribution in [0.4, 0.5) is 0 Å². The van der Waals surface area contributed by atoms with Crippen LogP contribution in [-0.2, 0) is 17.7 Å². The van der Waals surface area contributed by atoms with Gasteiger partial charge in [0.1, 0.15) is 11.4 Å². The molecule has 0 aliphatic heterocycles. The largest absolute Gasteiger partial charge is 0.464 e. The van der Waals surface area contributed by atoms with Crippen molar-refractivity contribution in [3.05, 3.63) is 22.8 Å². The predicted molar refractivity (Wildman–Crippen MR) is 62.3 cm³/mol. The molecule has 0 aromatic carbocycles. The van der Waals surface area contributed by atoms with Crippen LogP contribution in [0.25, 0.3) is 0 Å². The quantitative estimate of drug-likeness (QED) is 0.705. The van der Waals surface area contributed by atoms with Gasteiger partial charge in [-0.1, -0.05) is 15.5 Å². The molecule has 0 bridgehead atoms. The minimum absolute atomic E-state index is 0.169. The van der Waals surface area contributed by atoms with E-state index < -0.39 is 5.97 Å². The molecule has 9 heteroatoms. The number of esters is 1. The maximum atomic E-state index is 11.6. The minimum atomic E-state index is -0.537. The molecule has 0 unspecified atom stereocenters. The second-order valence-corrected chi connectivity index (χ2v) is 3.87. The molecule has 2 aromatic heterocycles. The third kappa shape index (κ3) is 2.60. The van der Waals surface area contributed by atoms with Gasteiger partial charge >= 0.3 is 5.97 Å². The van der Waals surface area contributed by atoms with Crippen molar-refractivity contribution in [3.8, 4) is 0 Å². The summed E-state index contributed by atoms with van der Waals surface area (Å²) in [6, 6.07) is 0. The first-order valence-electron chi connectivity index (χ1n) is 5.66. The highest BCUT2D eigenvalue weighted by molar-refractivity contribution is 5.88. The zero-order valence-corrected chi connectivity index (χ0v) is 10.7. The molecule has 0 radical (unpaired) electrons. The van der Waals surface area contributed by atoms with Crippen molar-refractivity contribution in [2.75, 3.05) is 13.7 Å². The van der Waals surface area contributed by atoms with Gasteiger partial charge in [0, 0.05) is 6.42 Å². The van der Waals surface area contributed by atoms with E-state index in [9.17, 15) is 4.79 Å². The monoisotopic (exact) mass is 266 g/mol. The van der Waals surface area contributed by atoms with Gasteiger partial charge in [0.05, 0.1) is 19.3 Å². The van der Waals surface area contributed by atoms with Crippen molar-refractivity contribution in [2.45, 2.75) is 19.9 Å². The van der Waals surface area contributed by atoms with Crippen molar-refractivity contribution < 1.29 is 14.2 Å². The van der Waals surface area contributed by atoms with Crippen LogP contribution < -0.4 is 5.73 Å². The Bertz CT molecular complexity index is 576. The summed E-state index contributed by atoms with van der Waals surface area (Å²) in [7, 11) is 1.29. The molecule has 2 aromatic rings. The Morgan fingerprint density at radius 3 is 2.84 bits per heavy atom. The summed E-state index contributed by atoms with van der Waals surface area (Å²) in [5, 5.41) is 15.2. The third-order valence-electron chi connectivity index (χ3n) is 2.64. The molecule has 2 heterocycles. The fraction of sp³-hybridized carbons (Fsp3) is 0.500. The highest BCUT2D eigenvalue weighted by Gasteiger charge is 2.20. The SMILES string of the molecule is COC(=O)c1nnn(Cc2nonc2C)c1CCN. The number of nitrogens with zero attached hydrogens (tertiary/aromatic N) is 5. The van der Waals surface area contributed by atoms with Gasteiger partial charge in [-0.25, -0.2) is 14.1 Å². The third-order valence-corrected chi connectivity index (χ3v) is 2.64. The number of rotatable bonds is 5. The lowest BCUT2D eigenvalue weighted by molar-refractivity contribution is 0.0592. The Morgan fingerprint density at radius 2 is 2.26 bits per heavy atom. The van der Waals surface area contributed by atoms with E-state index in [1.807, 2.05) is 0 Å². The highest BCUT2D eigenvalue weighted by atomic mass is 16.6. The lowest BCUT2D eigenvalue weighted by Gasteiger charge is -2.04. The molecule has 102 valence electrons. The highest BCUT2D eigenvalue weighted by Crippen LogP contribution is 2.11. The number of hydrogen-bond acceptors (Lipinski definition) is 8. The summed E-state index contributed by atoms with van der Waals surface area (Å²) in [5.74, 6) is -0.537. The Morgan fingerprint density at radius 1 is 1.47 bits per heavy atom. The standard InChI is InChI=1S/C10H14N6O3/c1-6-7(14-19-13-6)5-16-8(3-4-11)9(12-15-16)10(17)18-2/h3-5,11H2,1-2H3. The molecule has 2 rings (SSSR count). The first kappa shape index (κ1) is 13.1. The summed E-state index contributed by atoms with van der Waals surface area (Å²) >= 11 is 0. The first-order valence-corrected chi connectivity index (χ1v) is 5.66. The first-order chi connectivity index (χ1) is 9.17. The van der Waals surface area contributed by atoms with Gasteiger partial charge in [-0.3, -0.25) is 0 Å². The second kappa shape index (κ2) is 5.57. The van der Waals surface area contributed by atoms with Crippen LogP contribution in [0.2, 0.25) is 0 Å². The fourth-order valence-electron chi connectivity index (χ4n) is 1.63. The second-order valence-electron chi connectivity index (χ2n) is 3.87. The topological polar surface area (TPSA) is 122 Å². The van der Waals surface area contributed by atoms with Gasteiger partial charge in [0.15, 0.2) is 5.69 Å².